The molecule has 0 N–H and O–H groups in total. The Kier molecular flexibility index (Phi) is 2.45. The molecule has 0 aromatic carbocycles. The van der Waals surface area contributed by atoms with Crippen molar-refractivity contribution >= 4 is 8.07 Å². The Labute approximate surface area is 84.7 Å². The van der Waals surface area contributed by atoms with Crippen LogP contribution < -0.4 is 0 Å². The predicted molar refractivity (Wildman–Crippen MR) is 62.8 cm³/mol. The van der Waals surface area contributed by atoms with Crippen molar-refractivity contribution in [3.05, 3.63) is 0 Å². The van der Waals surface area contributed by atoms with Crippen LogP contribution in [0.1, 0.15) is 20.3 Å². The van der Waals surface area contributed by atoms with Crippen LogP contribution in [0, 0.1) is 0 Å². The van der Waals surface area contributed by atoms with Crippen LogP contribution in [-0.4, -0.2) is 38.7 Å². The van der Waals surface area contributed by atoms with Gasteiger partial charge in [-0.05, 0) is 13.8 Å². The standard InChI is InChI=1S/C11H26NSi/c1-11(2)10(13(5,6)7)8-9-12(11,3)4/h10H,8-9H2,1-7H3/q+1/t10-/m0/s1. The molecule has 0 aromatic rings. The topological polar surface area (TPSA) is 0 Å². The number of likely N-dealkylation sites (tertiary alicyclic amines) is 1. The molecular weight excluding hydrogens is 174 g/mol. The van der Waals surface area contributed by atoms with E-state index in [9.17, 15) is 0 Å². The second-order valence-corrected chi connectivity index (χ2v) is 12.2. The highest BCUT2D eigenvalue weighted by Crippen LogP contribution is 2.47. The Morgan fingerprint density at radius 3 is 1.77 bits per heavy atom. The summed E-state index contributed by atoms with van der Waals surface area (Å²) in [5, 5.41) is 0. The van der Waals surface area contributed by atoms with Crippen molar-refractivity contribution in [2.24, 2.45) is 0 Å². The molecule has 0 radical (unpaired) electrons. The van der Waals surface area contributed by atoms with Gasteiger partial charge in [-0.1, -0.05) is 19.6 Å². The largest absolute Gasteiger partial charge is 0.324 e. The normalized spacial score (nSPS) is 32.1. The van der Waals surface area contributed by atoms with E-state index in [-0.39, 0.29) is 0 Å². The fourth-order valence-corrected chi connectivity index (χ4v) is 6.47. The van der Waals surface area contributed by atoms with E-state index in [0.717, 1.165) is 5.54 Å². The summed E-state index contributed by atoms with van der Waals surface area (Å²) in [6, 6.07) is 0. The van der Waals surface area contributed by atoms with Crippen molar-refractivity contribution in [2.45, 2.75) is 51.0 Å². The van der Waals surface area contributed by atoms with E-state index < -0.39 is 8.07 Å². The molecule has 1 rings (SSSR count). The molecule has 0 spiro atoms. The highest BCUT2D eigenvalue weighted by molar-refractivity contribution is 6.77. The molecule has 0 aliphatic carbocycles. The van der Waals surface area contributed by atoms with Crippen molar-refractivity contribution in [3.63, 3.8) is 0 Å². The summed E-state index contributed by atoms with van der Waals surface area (Å²) >= 11 is 0. The molecule has 0 saturated carbocycles. The van der Waals surface area contributed by atoms with Gasteiger partial charge in [0.05, 0.1) is 34.3 Å². The van der Waals surface area contributed by atoms with Gasteiger partial charge in [-0.25, -0.2) is 0 Å². The summed E-state index contributed by atoms with van der Waals surface area (Å²) in [4.78, 5) is 0. The first-order valence-electron chi connectivity index (χ1n) is 5.42. The maximum Gasteiger partial charge on any atom is 0.0937 e. The number of hydrogen-bond donors (Lipinski definition) is 0. The Morgan fingerprint density at radius 1 is 1.15 bits per heavy atom. The first-order valence-corrected chi connectivity index (χ1v) is 9.00. The van der Waals surface area contributed by atoms with Gasteiger partial charge in [0.25, 0.3) is 0 Å². The van der Waals surface area contributed by atoms with E-state index in [1.54, 1.807) is 0 Å². The average Bonchev–Trinajstić information content (AvgIpc) is 2.00. The highest BCUT2D eigenvalue weighted by atomic mass is 28.3. The van der Waals surface area contributed by atoms with Gasteiger partial charge in [0.2, 0.25) is 0 Å². The summed E-state index contributed by atoms with van der Waals surface area (Å²) in [5.41, 5.74) is 1.47. The molecule has 13 heavy (non-hydrogen) atoms. The smallest absolute Gasteiger partial charge is 0.0937 e. The highest BCUT2D eigenvalue weighted by Gasteiger charge is 2.54. The van der Waals surface area contributed by atoms with E-state index in [1.807, 2.05) is 0 Å². The minimum Gasteiger partial charge on any atom is -0.324 e. The minimum absolute atomic E-state index is 0.491. The van der Waals surface area contributed by atoms with Crippen molar-refractivity contribution in [3.8, 4) is 0 Å². The molecule has 2 heteroatoms. The summed E-state index contributed by atoms with van der Waals surface area (Å²) in [6.07, 6.45) is 1.44. The lowest BCUT2D eigenvalue weighted by atomic mass is 10.00. The number of nitrogens with zero attached hydrogens (tertiary/aromatic N) is 1. The third-order valence-electron chi connectivity index (χ3n) is 4.44. The van der Waals surface area contributed by atoms with E-state index in [0.29, 0.717) is 5.54 Å². The fourth-order valence-electron chi connectivity index (χ4n) is 3.01. The predicted octanol–water partition coefficient (Wildman–Crippen LogP) is 2.95. The number of rotatable bonds is 1. The van der Waals surface area contributed by atoms with Crippen LogP contribution >= 0.6 is 0 Å². The minimum atomic E-state index is -0.964. The zero-order valence-electron chi connectivity index (χ0n) is 10.4. The lowest BCUT2D eigenvalue weighted by Gasteiger charge is -2.44. The Morgan fingerprint density at radius 2 is 1.62 bits per heavy atom. The number of quaternary nitrogens is 1. The SMILES string of the molecule is CC1(C)[C@@H]([Si](C)(C)C)CC[N+]1(C)C. The van der Waals surface area contributed by atoms with Crippen LogP contribution in [0.15, 0.2) is 0 Å². The third kappa shape index (κ3) is 1.71. The van der Waals surface area contributed by atoms with Gasteiger partial charge in [-0.3, -0.25) is 0 Å². The third-order valence-corrected chi connectivity index (χ3v) is 7.52. The first-order chi connectivity index (χ1) is 5.59. The van der Waals surface area contributed by atoms with E-state index in [2.05, 4.69) is 47.6 Å². The molecule has 0 unspecified atom stereocenters. The molecule has 0 bridgehead atoms. The van der Waals surface area contributed by atoms with Crippen molar-refractivity contribution in [2.75, 3.05) is 20.6 Å². The molecule has 1 aliphatic rings. The Bertz CT molecular complexity index is 201. The van der Waals surface area contributed by atoms with Gasteiger partial charge in [-0.2, -0.15) is 0 Å². The molecular formula is C11H26NSi+. The monoisotopic (exact) mass is 200 g/mol. The Hall–Kier alpha value is 0.177. The van der Waals surface area contributed by atoms with Crippen LogP contribution in [0.5, 0.6) is 0 Å². The maximum atomic E-state index is 2.52. The fraction of sp³-hybridized carbons (Fsp3) is 1.00. The average molecular weight is 200 g/mol. The second-order valence-electron chi connectivity index (χ2n) is 6.77. The van der Waals surface area contributed by atoms with Crippen LogP contribution in [0.3, 0.4) is 0 Å². The molecule has 1 heterocycles. The van der Waals surface area contributed by atoms with Crippen LogP contribution in [-0.2, 0) is 0 Å². The quantitative estimate of drug-likeness (QED) is 0.451. The lowest BCUT2D eigenvalue weighted by molar-refractivity contribution is -0.924. The van der Waals surface area contributed by atoms with Crippen molar-refractivity contribution < 1.29 is 4.48 Å². The number of hydrogen-bond acceptors (Lipinski definition) is 0. The second kappa shape index (κ2) is 2.83. The molecule has 1 atom stereocenters. The van der Waals surface area contributed by atoms with Crippen molar-refractivity contribution in [1.82, 2.24) is 0 Å². The van der Waals surface area contributed by atoms with Gasteiger partial charge in [0.15, 0.2) is 0 Å². The molecule has 0 amide bonds. The molecule has 78 valence electrons. The van der Waals surface area contributed by atoms with E-state index in [1.165, 1.54) is 17.4 Å². The Balaban J connectivity index is 2.95. The summed E-state index contributed by atoms with van der Waals surface area (Å²) in [5.74, 6) is 0. The van der Waals surface area contributed by atoms with E-state index >= 15 is 0 Å². The van der Waals surface area contributed by atoms with Crippen molar-refractivity contribution in [1.29, 1.82) is 0 Å². The zero-order valence-corrected chi connectivity index (χ0v) is 11.4. The van der Waals surface area contributed by atoms with Crippen LogP contribution in [0.4, 0.5) is 0 Å². The lowest BCUT2D eigenvalue weighted by Crippen LogP contribution is -2.55. The molecule has 0 aromatic heterocycles. The first kappa shape index (κ1) is 11.3. The molecule has 1 nitrogen and oxygen atoms in total. The van der Waals surface area contributed by atoms with Gasteiger partial charge in [0, 0.05) is 12.0 Å². The van der Waals surface area contributed by atoms with Crippen LogP contribution in [0.2, 0.25) is 25.2 Å². The zero-order chi connectivity index (χ0) is 10.5. The van der Waals surface area contributed by atoms with Gasteiger partial charge in [0.1, 0.15) is 0 Å². The molecule has 1 saturated heterocycles. The van der Waals surface area contributed by atoms with Gasteiger partial charge >= 0.3 is 0 Å². The van der Waals surface area contributed by atoms with Crippen LogP contribution in [0.25, 0.3) is 0 Å². The van der Waals surface area contributed by atoms with E-state index in [4.69, 9.17) is 0 Å². The summed E-state index contributed by atoms with van der Waals surface area (Å²) in [6.45, 7) is 13.8. The van der Waals surface area contributed by atoms with Gasteiger partial charge in [-0.15, -0.1) is 0 Å². The maximum absolute atomic E-state index is 2.52. The summed E-state index contributed by atoms with van der Waals surface area (Å²) < 4.78 is 1.21. The van der Waals surface area contributed by atoms with Gasteiger partial charge < -0.3 is 4.48 Å². The molecule has 1 fully saturated rings. The molecule has 1 aliphatic heterocycles. The summed E-state index contributed by atoms with van der Waals surface area (Å²) in [7, 11) is 3.81.